The third-order valence-corrected chi connectivity index (χ3v) is 2.96. The number of halogens is 3. The zero-order valence-electron chi connectivity index (χ0n) is 7.29. The van der Waals surface area contributed by atoms with Crippen molar-refractivity contribution >= 4 is 5.97 Å². The van der Waals surface area contributed by atoms with E-state index in [1.807, 2.05) is 0 Å². The highest BCUT2D eigenvalue weighted by Crippen LogP contribution is 2.52. The van der Waals surface area contributed by atoms with Crippen LogP contribution in [0.2, 0.25) is 0 Å². The molecule has 2 fully saturated rings. The molecule has 2 aliphatic rings. The minimum Gasteiger partial charge on any atom is -0.481 e. The van der Waals surface area contributed by atoms with Crippen molar-refractivity contribution in [3.63, 3.8) is 0 Å². The van der Waals surface area contributed by atoms with Crippen LogP contribution in [0.3, 0.4) is 0 Å². The zero-order valence-corrected chi connectivity index (χ0v) is 7.29. The molecule has 1 saturated heterocycles. The van der Waals surface area contributed by atoms with Gasteiger partial charge in [0.15, 0.2) is 0 Å². The van der Waals surface area contributed by atoms with E-state index in [-0.39, 0.29) is 30.8 Å². The van der Waals surface area contributed by atoms with Gasteiger partial charge in [0.1, 0.15) is 0 Å². The lowest BCUT2D eigenvalue weighted by Gasteiger charge is -2.19. The minimum atomic E-state index is -4.17. The topological polar surface area (TPSA) is 40.5 Å². The van der Waals surface area contributed by atoms with E-state index < -0.39 is 18.7 Å². The van der Waals surface area contributed by atoms with Gasteiger partial charge in [0.25, 0.3) is 0 Å². The van der Waals surface area contributed by atoms with Gasteiger partial charge in [-0.3, -0.25) is 9.69 Å². The van der Waals surface area contributed by atoms with Crippen molar-refractivity contribution in [1.29, 1.82) is 0 Å². The number of hydrogen-bond donors (Lipinski definition) is 1. The van der Waals surface area contributed by atoms with E-state index in [4.69, 9.17) is 5.11 Å². The van der Waals surface area contributed by atoms with E-state index in [0.717, 1.165) is 0 Å². The van der Waals surface area contributed by atoms with E-state index in [9.17, 15) is 18.0 Å². The van der Waals surface area contributed by atoms with Crippen molar-refractivity contribution in [3.8, 4) is 0 Å². The Hall–Kier alpha value is -0.780. The second-order valence-corrected chi connectivity index (χ2v) is 4.00. The molecule has 2 rings (SSSR count). The fourth-order valence-electron chi connectivity index (χ4n) is 2.36. The first-order valence-electron chi connectivity index (χ1n) is 4.40. The van der Waals surface area contributed by atoms with Crippen molar-refractivity contribution in [2.24, 2.45) is 17.8 Å². The molecule has 2 atom stereocenters. The Labute approximate surface area is 78.5 Å². The summed E-state index contributed by atoms with van der Waals surface area (Å²) >= 11 is 0. The summed E-state index contributed by atoms with van der Waals surface area (Å²) in [5, 5.41) is 8.64. The summed E-state index contributed by atoms with van der Waals surface area (Å²) in [7, 11) is 0. The first kappa shape index (κ1) is 9.76. The van der Waals surface area contributed by atoms with Crippen molar-refractivity contribution in [1.82, 2.24) is 4.90 Å². The Bertz CT molecular complexity index is 254. The molecule has 1 aliphatic heterocycles. The highest BCUT2D eigenvalue weighted by Gasteiger charge is 2.60. The maximum Gasteiger partial charge on any atom is 0.401 e. The number of likely N-dealkylation sites (tertiary alicyclic amines) is 1. The van der Waals surface area contributed by atoms with Gasteiger partial charge in [0.05, 0.1) is 12.5 Å². The van der Waals surface area contributed by atoms with E-state index in [0.29, 0.717) is 0 Å². The van der Waals surface area contributed by atoms with Gasteiger partial charge in [0, 0.05) is 13.1 Å². The van der Waals surface area contributed by atoms with Crippen LogP contribution in [0, 0.1) is 17.8 Å². The summed E-state index contributed by atoms with van der Waals surface area (Å²) in [4.78, 5) is 11.8. The zero-order chi connectivity index (χ0) is 10.5. The molecule has 0 spiro atoms. The number of carboxylic acids is 1. The highest BCUT2D eigenvalue weighted by molar-refractivity contribution is 5.74. The first-order valence-corrected chi connectivity index (χ1v) is 4.40. The van der Waals surface area contributed by atoms with Gasteiger partial charge in [0.2, 0.25) is 0 Å². The van der Waals surface area contributed by atoms with Crippen LogP contribution in [0.15, 0.2) is 0 Å². The van der Waals surface area contributed by atoms with Crippen LogP contribution in [0.25, 0.3) is 0 Å². The lowest BCUT2D eigenvalue weighted by Crippen LogP contribution is -2.35. The smallest absolute Gasteiger partial charge is 0.401 e. The number of aliphatic carboxylic acids is 1. The minimum absolute atomic E-state index is 0.0464. The molecule has 14 heavy (non-hydrogen) atoms. The maximum atomic E-state index is 11.9. The van der Waals surface area contributed by atoms with Crippen LogP contribution in [-0.2, 0) is 4.79 Å². The Morgan fingerprint density at radius 1 is 1.36 bits per heavy atom. The normalized spacial score (nSPS) is 36.9. The second-order valence-electron chi connectivity index (χ2n) is 4.00. The molecule has 1 saturated carbocycles. The van der Waals surface area contributed by atoms with Crippen molar-refractivity contribution in [3.05, 3.63) is 0 Å². The molecule has 0 aromatic carbocycles. The summed E-state index contributed by atoms with van der Waals surface area (Å²) in [5.41, 5.74) is 0. The molecule has 1 N–H and O–H groups in total. The highest BCUT2D eigenvalue weighted by atomic mass is 19.4. The molecule has 0 unspecified atom stereocenters. The van der Waals surface area contributed by atoms with Crippen molar-refractivity contribution in [2.45, 2.75) is 6.18 Å². The van der Waals surface area contributed by atoms with Gasteiger partial charge in [-0.1, -0.05) is 0 Å². The van der Waals surface area contributed by atoms with Crippen molar-refractivity contribution in [2.75, 3.05) is 19.6 Å². The van der Waals surface area contributed by atoms with Crippen LogP contribution >= 0.6 is 0 Å². The van der Waals surface area contributed by atoms with Crippen LogP contribution in [-0.4, -0.2) is 41.8 Å². The third-order valence-electron chi connectivity index (χ3n) is 2.96. The maximum absolute atomic E-state index is 11.9. The van der Waals surface area contributed by atoms with Gasteiger partial charge in [-0.05, 0) is 11.8 Å². The van der Waals surface area contributed by atoms with Gasteiger partial charge < -0.3 is 5.11 Å². The van der Waals surface area contributed by atoms with E-state index >= 15 is 0 Å². The average Bonchev–Trinajstić information content (AvgIpc) is 2.47. The van der Waals surface area contributed by atoms with Crippen LogP contribution < -0.4 is 0 Å². The quantitative estimate of drug-likeness (QED) is 0.731. The number of carboxylic acid groups (broad SMARTS) is 1. The Morgan fingerprint density at radius 3 is 2.21 bits per heavy atom. The summed E-state index contributed by atoms with van der Waals surface area (Å²) in [6.07, 6.45) is -4.17. The Morgan fingerprint density at radius 2 is 1.86 bits per heavy atom. The van der Waals surface area contributed by atoms with Crippen LogP contribution in [0.4, 0.5) is 13.2 Å². The van der Waals surface area contributed by atoms with Crippen LogP contribution in [0.5, 0.6) is 0 Å². The lowest BCUT2D eigenvalue weighted by atomic mass is 10.2. The van der Waals surface area contributed by atoms with Gasteiger partial charge in [-0.15, -0.1) is 0 Å². The molecule has 0 aromatic heterocycles. The number of rotatable bonds is 2. The average molecular weight is 209 g/mol. The molecule has 80 valence electrons. The molecule has 0 amide bonds. The molecule has 3 nitrogen and oxygen atoms in total. The number of piperidine rings is 1. The summed E-state index contributed by atoms with van der Waals surface area (Å²) in [6.45, 7) is -0.353. The molecular formula is C8H10F3NO2. The first-order chi connectivity index (χ1) is 6.38. The van der Waals surface area contributed by atoms with Gasteiger partial charge in [-0.25, -0.2) is 0 Å². The van der Waals surface area contributed by atoms with Crippen LogP contribution in [0.1, 0.15) is 0 Å². The van der Waals surface area contributed by atoms with E-state index in [2.05, 4.69) is 0 Å². The molecule has 1 aliphatic carbocycles. The number of carbonyl (C=O) groups is 1. The number of alkyl halides is 3. The molecule has 6 heteroatoms. The SMILES string of the molecule is O=C(O)C1[C@@H]2CN(CC(F)(F)F)C[C@@H]12. The largest absolute Gasteiger partial charge is 0.481 e. The standard InChI is InChI=1S/C8H10F3NO2/c9-8(10,11)3-12-1-4-5(2-12)6(4)7(13)14/h4-6H,1-3H2,(H,13,14)/t4-,5-/m1/s1. The van der Waals surface area contributed by atoms with Gasteiger partial charge in [-0.2, -0.15) is 13.2 Å². The third kappa shape index (κ3) is 1.70. The van der Waals surface area contributed by atoms with Crippen molar-refractivity contribution < 1.29 is 23.1 Å². The molecule has 0 aromatic rings. The predicted octanol–water partition coefficient (Wildman–Crippen LogP) is 0.811. The fourth-order valence-corrected chi connectivity index (χ4v) is 2.36. The summed E-state index contributed by atoms with van der Waals surface area (Å²) < 4.78 is 35.8. The number of hydrogen-bond acceptors (Lipinski definition) is 2. The summed E-state index contributed by atoms with van der Waals surface area (Å²) in [5.74, 6) is -1.35. The monoisotopic (exact) mass is 209 g/mol. The molecule has 1 heterocycles. The number of fused-ring (bicyclic) bond motifs is 1. The molecule has 0 radical (unpaired) electrons. The van der Waals surface area contributed by atoms with Gasteiger partial charge >= 0.3 is 12.1 Å². The molecule has 0 bridgehead atoms. The summed E-state index contributed by atoms with van der Waals surface area (Å²) in [6, 6.07) is 0. The number of nitrogens with zero attached hydrogens (tertiary/aromatic N) is 1. The van der Waals surface area contributed by atoms with E-state index in [1.54, 1.807) is 0 Å². The lowest BCUT2D eigenvalue weighted by molar-refractivity contribution is -0.146. The predicted molar refractivity (Wildman–Crippen MR) is 40.6 cm³/mol. The Kier molecular flexibility index (Phi) is 1.99. The second kappa shape index (κ2) is 2.85. The molecular weight excluding hydrogens is 199 g/mol. The van der Waals surface area contributed by atoms with E-state index in [1.165, 1.54) is 4.90 Å². The Balaban J connectivity index is 1.82. The fraction of sp³-hybridized carbons (Fsp3) is 0.875.